The van der Waals surface area contributed by atoms with Crippen molar-refractivity contribution < 1.29 is 32.3 Å². The van der Waals surface area contributed by atoms with Gasteiger partial charge in [0.1, 0.15) is 0 Å². The van der Waals surface area contributed by atoms with Crippen LogP contribution in [0.5, 0.6) is 0 Å². The van der Waals surface area contributed by atoms with Gasteiger partial charge in [0.05, 0.1) is 34.9 Å². The molecule has 0 saturated carbocycles. The number of rotatable bonds is 5. The molecule has 1 amide bonds. The van der Waals surface area contributed by atoms with Gasteiger partial charge in [-0.2, -0.15) is 17.9 Å². The SMILES string of the molecule is C[C@@H]1CN(c2ccccc2C=Cc2cc(-c3cc4c(n3OC(=O)C(F)(F)F)CCNC4=O)ccn2)C[C@H](C)O1. The van der Waals surface area contributed by atoms with Gasteiger partial charge in [0, 0.05) is 43.5 Å². The molecule has 39 heavy (non-hydrogen) atoms. The highest BCUT2D eigenvalue weighted by atomic mass is 19.4. The highest BCUT2D eigenvalue weighted by Gasteiger charge is 2.43. The van der Waals surface area contributed by atoms with E-state index in [-0.39, 0.29) is 42.1 Å². The second kappa shape index (κ2) is 10.6. The highest BCUT2D eigenvalue weighted by molar-refractivity contribution is 5.98. The summed E-state index contributed by atoms with van der Waals surface area (Å²) in [5, 5.41) is 2.65. The number of morpholine rings is 1. The normalized spacial score (nSPS) is 19.6. The monoisotopic (exact) mass is 540 g/mol. The first-order valence-corrected chi connectivity index (χ1v) is 12.6. The van der Waals surface area contributed by atoms with Crippen molar-refractivity contribution in [3.63, 3.8) is 0 Å². The largest absolute Gasteiger partial charge is 0.493 e. The number of ether oxygens (including phenoxy) is 1. The van der Waals surface area contributed by atoms with E-state index in [2.05, 4.69) is 15.2 Å². The van der Waals surface area contributed by atoms with E-state index in [9.17, 15) is 22.8 Å². The van der Waals surface area contributed by atoms with Crippen LogP contribution in [0.2, 0.25) is 0 Å². The lowest BCUT2D eigenvalue weighted by molar-refractivity contribution is -0.199. The first-order valence-electron chi connectivity index (χ1n) is 12.6. The molecule has 0 spiro atoms. The maximum atomic E-state index is 13.0. The van der Waals surface area contributed by atoms with Crippen LogP contribution < -0.4 is 15.1 Å². The zero-order valence-corrected chi connectivity index (χ0v) is 21.4. The van der Waals surface area contributed by atoms with Crippen molar-refractivity contribution in [2.75, 3.05) is 24.5 Å². The molecule has 2 aromatic heterocycles. The van der Waals surface area contributed by atoms with Gasteiger partial charge in [-0.25, -0.2) is 4.79 Å². The number of carbonyl (C=O) groups excluding carboxylic acids is 2. The first kappa shape index (κ1) is 26.5. The predicted octanol–water partition coefficient (Wildman–Crippen LogP) is 4.14. The van der Waals surface area contributed by atoms with Crippen LogP contribution in [0, 0.1) is 0 Å². The van der Waals surface area contributed by atoms with Gasteiger partial charge in [-0.3, -0.25) is 9.78 Å². The smallest absolute Gasteiger partial charge is 0.372 e. The maximum Gasteiger partial charge on any atom is 0.493 e. The third kappa shape index (κ3) is 5.68. The van der Waals surface area contributed by atoms with Crippen molar-refractivity contribution in [3.05, 3.63) is 71.2 Å². The Bertz CT molecular complexity index is 1420. The molecule has 8 nitrogen and oxygen atoms in total. The number of anilines is 1. The van der Waals surface area contributed by atoms with Crippen LogP contribution in [0.15, 0.2) is 48.7 Å². The van der Waals surface area contributed by atoms with E-state index in [1.807, 2.05) is 44.2 Å². The van der Waals surface area contributed by atoms with E-state index in [0.29, 0.717) is 11.3 Å². The van der Waals surface area contributed by atoms with Gasteiger partial charge in [0.25, 0.3) is 5.91 Å². The molecule has 11 heteroatoms. The molecule has 4 heterocycles. The number of nitrogens with zero attached hydrogens (tertiary/aromatic N) is 3. The molecule has 1 fully saturated rings. The fourth-order valence-electron chi connectivity index (χ4n) is 4.96. The quantitative estimate of drug-likeness (QED) is 0.524. The van der Waals surface area contributed by atoms with E-state index in [1.54, 1.807) is 18.2 Å². The number of alkyl halides is 3. The number of carbonyl (C=O) groups is 2. The summed E-state index contributed by atoms with van der Waals surface area (Å²) in [6.45, 7) is 5.81. The molecule has 5 rings (SSSR count). The van der Waals surface area contributed by atoms with Gasteiger partial charge in [-0.1, -0.05) is 24.3 Å². The maximum absolute atomic E-state index is 13.0. The molecule has 1 aromatic carbocycles. The number of nitrogens with one attached hydrogen (secondary N) is 1. The Balaban J connectivity index is 1.47. The molecule has 0 bridgehead atoms. The summed E-state index contributed by atoms with van der Waals surface area (Å²) in [5.74, 6) is -2.82. The lowest BCUT2D eigenvalue weighted by Gasteiger charge is -2.37. The number of hydrogen-bond acceptors (Lipinski definition) is 6. The van der Waals surface area contributed by atoms with Crippen LogP contribution in [0.3, 0.4) is 0 Å². The van der Waals surface area contributed by atoms with Gasteiger partial charge in [0.2, 0.25) is 0 Å². The summed E-state index contributed by atoms with van der Waals surface area (Å²) < 4.78 is 45.7. The van der Waals surface area contributed by atoms with Crippen LogP contribution in [-0.2, 0) is 16.0 Å². The Morgan fingerprint density at radius 2 is 1.87 bits per heavy atom. The molecule has 0 radical (unpaired) electrons. The van der Waals surface area contributed by atoms with E-state index in [0.717, 1.165) is 29.1 Å². The molecule has 2 aliphatic rings. The number of halogens is 3. The predicted molar refractivity (Wildman–Crippen MR) is 139 cm³/mol. The van der Waals surface area contributed by atoms with Crippen LogP contribution >= 0.6 is 0 Å². The van der Waals surface area contributed by atoms with Crippen molar-refractivity contribution in [1.29, 1.82) is 0 Å². The standard InChI is InChI=1S/C28H27F3N4O4/c1-17-15-34(16-18(2)38-17)23-6-4-3-5-19(23)7-8-21-13-20(9-11-32-21)25-14-22-24(10-12-33-26(22)36)35(25)39-27(37)28(29,30)31/h3-9,11,13-14,17-18H,10,12,15-16H2,1-2H3,(H,33,36)/t17-,18+. The number of aromatic nitrogens is 2. The number of para-hydroxylation sites is 1. The van der Waals surface area contributed by atoms with Crippen LogP contribution in [0.25, 0.3) is 23.4 Å². The second-order valence-electron chi connectivity index (χ2n) is 9.59. The summed E-state index contributed by atoms with van der Waals surface area (Å²) in [5.41, 5.74) is 3.49. The Kier molecular flexibility index (Phi) is 7.17. The van der Waals surface area contributed by atoms with Crippen LogP contribution in [0.4, 0.5) is 18.9 Å². The van der Waals surface area contributed by atoms with Crippen LogP contribution in [0.1, 0.15) is 41.2 Å². The van der Waals surface area contributed by atoms with Gasteiger partial charge >= 0.3 is 12.1 Å². The molecule has 0 aliphatic carbocycles. The van der Waals surface area contributed by atoms with Gasteiger partial charge < -0.3 is 19.8 Å². The Labute approximate surface area is 223 Å². The zero-order chi connectivity index (χ0) is 27.7. The first-order chi connectivity index (χ1) is 18.6. The van der Waals surface area contributed by atoms with E-state index in [1.165, 1.54) is 12.3 Å². The molecule has 3 aromatic rings. The van der Waals surface area contributed by atoms with Gasteiger partial charge in [0.15, 0.2) is 0 Å². The van der Waals surface area contributed by atoms with Gasteiger partial charge in [-0.05, 0) is 49.8 Å². The summed E-state index contributed by atoms with van der Waals surface area (Å²) >= 11 is 0. The summed E-state index contributed by atoms with van der Waals surface area (Å²) in [6.07, 6.45) is 0.443. The third-order valence-electron chi connectivity index (χ3n) is 6.56. The third-order valence-corrected chi connectivity index (χ3v) is 6.56. The van der Waals surface area contributed by atoms with E-state index < -0.39 is 18.1 Å². The summed E-state index contributed by atoms with van der Waals surface area (Å²) in [7, 11) is 0. The average Bonchev–Trinajstić information content (AvgIpc) is 3.26. The van der Waals surface area contributed by atoms with Crippen molar-refractivity contribution in [3.8, 4) is 11.3 Å². The van der Waals surface area contributed by atoms with Crippen LogP contribution in [-0.4, -0.2) is 59.6 Å². The fourth-order valence-corrected chi connectivity index (χ4v) is 4.96. The molecular weight excluding hydrogens is 513 g/mol. The average molecular weight is 541 g/mol. The molecule has 0 unspecified atom stereocenters. The van der Waals surface area contributed by atoms with Crippen molar-refractivity contribution in [2.45, 2.75) is 38.7 Å². The van der Waals surface area contributed by atoms with E-state index >= 15 is 0 Å². The number of benzene rings is 1. The molecule has 1 saturated heterocycles. The number of amides is 1. The molecule has 204 valence electrons. The summed E-state index contributed by atoms with van der Waals surface area (Å²) in [6, 6.07) is 12.6. The van der Waals surface area contributed by atoms with Crippen molar-refractivity contribution in [1.82, 2.24) is 15.0 Å². The Morgan fingerprint density at radius 1 is 1.13 bits per heavy atom. The highest BCUT2D eigenvalue weighted by Crippen LogP contribution is 2.30. The molecule has 2 aliphatic heterocycles. The Hall–Kier alpha value is -4.12. The minimum Gasteiger partial charge on any atom is -0.372 e. The summed E-state index contributed by atoms with van der Waals surface area (Å²) in [4.78, 5) is 35.5. The minimum atomic E-state index is -5.19. The topological polar surface area (TPSA) is 85.7 Å². The number of hydrogen-bond donors (Lipinski definition) is 1. The zero-order valence-electron chi connectivity index (χ0n) is 21.4. The number of fused-ring (bicyclic) bond motifs is 1. The molecule has 1 N–H and O–H groups in total. The van der Waals surface area contributed by atoms with Gasteiger partial charge in [-0.15, -0.1) is 0 Å². The minimum absolute atomic E-state index is 0.0970. The molecular formula is C28H27F3N4O4. The van der Waals surface area contributed by atoms with Crippen molar-refractivity contribution >= 4 is 29.7 Å². The lowest BCUT2D eigenvalue weighted by atomic mass is 10.1. The number of pyridine rings is 1. The van der Waals surface area contributed by atoms with E-state index in [4.69, 9.17) is 9.57 Å². The second-order valence-corrected chi connectivity index (χ2v) is 9.59. The molecule has 2 atom stereocenters. The fraction of sp³-hybridized carbons (Fsp3) is 0.321. The van der Waals surface area contributed by atoms with Crippen molar-refractivity contribution in [2.24, 2.45) is 0 Å². The lowest BCUT2D eigenvalue weighted by Crippen LogP contribution is -2.45. The Morgan fingerprint density at radius 3 is 2.62 bits per heavy atom.